The second-order valence-corrected chi connectivity index (χ2v) is 7.47. The summed E-state index contributed by atoms with van der Waals surface area (Å²) in [5, 5.41) is 2.91. The lowest BCUT2D eigenvalue weighted by Gasteiger charge is -2.27. The number of carbonyl (C=O) groups excluding carboxylic acids is 2. The molecule has 2 amide bonds. The molecule has 7 nitrogen and oxygen atoms in total. The summed E-state index contributed by atoms with van der Waals surface area (Å²) in [7, 11) is 0. The maximum atomic E-state index is 12.6. The zero-order valence-electron chi connectivity index (χ0n) is 16.4. The summed E-state index contributed by atoms with van der Waals surface area (Å²) in [6.07, 6.45) is 2.74. The van der Waals surface area contributed by atoms with Crippen molar-refractivity contribution in [1.29, 1.82) is 0 Å². The van der Waals surface area contributed by atoms with Gasteiger partial charge in [0.05, 0.1) is 31.0 Å². The van der Waals surface area contributed by atoms with Gasteiger partial charge in [0.15, 0.2) is 0 Å². The van der Waals surface area contributed by atoms with E-state index in [1.807, 2.05) is 30.3 Å². The van der Waals surface area contributed by atoms with Crippen molar-refractivity contribution in [2.24, 2.45) is 5.92 Å². The molecule has 0 unspecified atom stereocenters. The zero-order valence-corrected chi connectivity index (χ0v) is 16.4. The molecule has 2 aromatic rings. The number of nitrogens with zero attached hydrogens (tertiary/aromatic N) is 3. The van der Waals surface area contributed by atoms with Crippen molar-refractivity contribution in [1.82, 2.24) is 9.88 Å². The van der Waals surface area contributed by atoms with Crippen molar-refractivity contribution in [3.63, 3.8) is 0 Å². The van der Waals surface area contributed by atoms with Gasteiger partial charge in [-0.2, -0.15) is 0 Å². The molecular weight excluding hydrogens is 368 g/mol. The van der Waals surface area contributed by atoms with E-state index < -0.39 is 0 Å². The molecular formula is C22H26N4O3. The number of aromatic nitrogens is 1. The topological polar surface area (TPSA) is 74.8 Å². The summed E-state index contributed by atoms with van der Waals surface area (Å²) < 4.78 is 5.36. The lowest BCUT2D eigenvalue weighted by molar-refractivity contribution is -0.128. The molecule has 0 radical (unpaired) electrons. The smallest absolute Gasteiger partial charge is 0.229 e. The van der Waals surface area contributed by atoms with Crippen LogP contribution in [0.1, 0.15) is 12.0 Å². The number of likely N-dealkylation sites (tertiary alicyclic amines) is 1. The summed E-state index contributed by atoms with van der Waals surface area (Å²) in [6.45, 7) is 4.16. The molecule has 1 atom stereocenters. The molecule has 3 heterocycles. The number of benzene rings is 1. The zero-order chi connectivity index (χ0) is 20.1. The summed E-state index contributed by atoms with van der Waals surface area (Å²) in [5.74, 6) is 0.481. The SMILES string of the molecule is O=C(Nc1ccc(N2CCOCC2)nc1)[C@H]1CC(=O)N(CCc2ccccc2)C1. The van der Waals surface area contributed by atoms with Crippen LogP contribution in [0.3, 0.4) is 0 Å². The molecule has 4 rings (SSSR count). The van der Waals surface area contributed by atoms with Gasteiger partial charge in [-0.3, -0.25) is 9.59 Å². The first-order valence-corrected chi connectivity index (χ1v) is 10.1. The molecule has 2 saturated heterocycles. The van der Waals surface area contributed by atoms with Crippen molar-refractivity contribution in [3.05, 3.63) is 54.2 Å². The average molecular weight is 394 g/mol. The quantitative estimate of drug-likeness (QED) is 0.811. The first-order chi connectivity index (χ1) is 14.2. The minimum Gasteiger partial charge on any atom is -0.378 e. The van der Waals surface area contributed by atoms with Crippen LogP contribution in [-0.2, 0) is 20.7 Å². The highest BCUT2D eigenvalue weighted by atomic mass is 16.5. The number of amides is 2. The van der Waals surface area contributed by atoms with Crippen molar-refractivity contribution < 1.29 is 14.3 Å². The second-order valence-electron chi connectivity index (χ2n) is 7.47. The fourth-order valence-electron chi connectivity index (χ4n) is 3.76. The lowest BCUT2D eigenvalue weighted by atomic mass is 10.1. The van der Waals surface area contributed by atoms with Gasteiger partial charge in [-0.05, 0) is 24.1 Å². The van der Waals surface area contributed by atoms with E-state index in [0.717, 1.165) is 25.3 Å². The molecule has 2 aliphatic heterocycles. The molecule has 152 valence electrons. The summed E-state index contributed by atoms with van der Waals surface area (Å²) >= 11 is 0. The summed E-state index contributed by atoms with van der Waals surface area (Å²) in [5.41, 5.74) is 1.85. The van der Waals surface area contributed by atoms with Crippen LogP contribution in [0.2, 0.25) is 0 Å². The lowest BCUT2D eigenvalue weighted by Crippen LogP contribution is -2.36. The number of anilines is 2. The number of nitrogens with one attached hydrogen (secondary N) is 1. The highest BCUT2D eigenvalue weighted by Crippen LogP contribution is 2.21. The summed E-state index contributed by atoms with van der Waals surface area (Å²) in [4.78, 5) is 33.3. The predicted octanol–water partition coefficient (Wildman–Crippen LogP) is 1.95. The van der Waals surface area contributed by atoms with E-state index >= 15 is 0 Å². The van der Waals surface area contributed by atoms with E-state index in [-0.39, 0.29) is 24.2 Å². The average Bonchev–Trinajstić information content (AvgIpc) is 3.15. The van der Waals surface area contributed by atoms with Crippen LogP contribution in [-0.4, -0.2) is 61.1 Å². The van der Waals surface area contributed by atoms with E-state index in [4.69, 9.17) is 4.74 Å². The monoisotopic (exact) mass is 394 g/mol. The fraction of sp³-hybridized carbons (Fsp3) is 0.409. The molecule has 2 fully saturated rings. The van der Waals surface area contributed by atoms with Crippen molar-refractivity contribution >= 4 is 23.3 Å². The minimum absolute atomic E-state index is 0.0434. The Labute approximate surface area is 170 Å². The van der Waals surface area contributed by atoms with E-state index in [0.29, 0.717) is 32.0 Å². The number of hydrogen-bond acceptors (Lipinski definition) is 5. The second kappa shape index (κ2) is 9.05. The Balaban J connectivity index is 1.29. The number of carbonyl (C=O) groups is 2. The minimum atomic E-state index is -0.322. The molecule has 7 heteroatoms. The number of rotatable bonds is 6. The number of hydrogen-bond donors (Lipinski definition) is 1. The van der Waals surface area contributed by atoms with Gasteiger partial charge in [0.25, 0.3) is 0 Å². The molecule has 0 bridgehead atoms. The number of pyridine rings is 1. The molecule has 1 aromatic carbocycles. The Hall–Kier alpha value is -2.93. The predicted molar refractivity (Wildman–Crippen MR) is 111 cm³/mol. The molecule has 29 heavy (non-hydrogen) atoms. The number of morpholine rings is 1. The maximum Gasteiger partial charge on any atom is 0.229 e. The molecule has 0 saturated carbocycles. The highest BCUT2D eigenvalue weighted by Gasteiger charge is 2.34. The van der Waals surface area contributed by atoms with Gasteiger partial charge in [-0.15, -0.1) is 0 Å². The molecule has 1 N–H and O–H groups in total. The Morgan fingerprint density at radius 1 is 1.14 bits per heavy atom. The van der Waals surface area contributed by atoms with Crippen LogP contribution in [0, 0.1) is 5.92 Å². The first-order valence-electron chi connectivity index (χ1n) is 10.1. The standard InChI is InChI=1S/C22H26N4O3/c27-21-14-18(16-26(21)9-8-17-4-2-1-3-5-17)22(28)24-19-6-7-20(23-15-19)25-10-12-29-13-11-25/h1-7,15,18H,8-14,16H2,(H,24,28)/t18-/m0/s1. The van der Waals surface area contributed by atoms with Crippen LogP contribution < -0.4 is 10.2 Å². The number of ether oxygens (including phenoxy) is 1. The van der Waals surface area contributed by atoms with Crippen LogP contribution in [0.4, 0.5) is 11.5 Å². The van der Waals surface area contributed by atoms with E-state index in [1.165, 1.54) is 5.56 Å². The maximum absolute atomic E-state index is 12.6. The van der Waals surface area contributed by atoms with Gasteiger partial charge in [0.1, 0.15) is 5.82 Å². The van der Waals surface area contributed by atoms with Crippen molar-refractivity contribution in [2.45, 2.75) is 12.8 Å². The molecule has 2 aliphatic rings. The highest BCUT2D eigenvalue weighted by molar-refractivity contribution is 5.97. The van der Waals surface area contributed by atoms with Gasteiger partial charge in [0, 0.05) is 32.6 Å². The fourth-order valence-corrected chi connectivity index (χ4v) is 3.76. The van der Waals surface area contributed by atoms with E-state index in [1.54, 1.807) is 11.1 Å². The van der Waals surface area contributed by atoms with Crippen LogP contribution in [0.25, 0.3) is 0 Å². The van der Waals surface area contributed by atoms with Gasteiger partial charge >= 0.3 is 0 Å². The summed E-state index contributed by atoms with van der Waals surface area (Å²) in [6, 6.07) is 13.8. The van der Waals surface area contributed by atoms with E-state index in [2.05, 4.69) is 27.3 Å². The van der Waals surface area contributed by atoms with E-state index in [9.17, 15) is 9.59 Å². The largest absolute Gasteiger partial charge is 0.378 e. The Morgan fingerprint density at radius 2 is 1.93 bits per heavy atom. The third kappa shape index (κ3) is 4.92. The Morgan fingerprint density at radius 3 is 2.66 bits per heavy atom. The van der Waals surface area contributed by atoms with Crippen LogP contribution >= 0.6 is 0 Å². The third-order valence-corrected chi connectivity index (χ3v) is 5.45. The van der Waals surface area contributed by atoms with Crippen LogP contribution in [0.15, 0.2) is 48.7 Å². The Kier molecular flexibility index (Phi) is 6.05. The van der Waals surface area contributed by atoms with Crippen molar-refractivity contribution in [3.8, 4) is 0 Å². The van der Waals surface area contributed by atoms with Gasteiger partial charge in [-0.25, -0.2) is 4.98 Å². The van der Waals surface area contributed by atoms with Gasteiger partial charge < -0.3 is 19.9 Å². The first kappa shape index (κ1) is 19.4. The van der Waals surface area contributed by atoms with Crippen LogP contribution in [0.5, 0.6) is 0 Å². The van der Waals surface area contributed by atoms with Gasteiger partial charge in [0.2, 0.25) is 11.8 Å². The third-order valence-electron chi connectivity index (χ3n) is 5.45. The molecule has 0 aliphatic carbocycles. The molecule has 1 aromatic heterocycles. The molecule has 0 spiro atoms. The van der Waals surface area contributed by atoms with Gasteiger partial charge in [-0.1, -0.05) is 30.3 Å². The van der Waals surface area contributed by atoms with Crippen molar-refractivity contribution in [2.75, 3.05) is 49.6 Å². The Bertz CT molecular complexity index is 835. The normalized spacial score (nSPS) is 19.4.